The Balaban J connectivity index is 1.32. The number of nitrogens with zero attached hydrogens (tertiary/aromatic N) is 3. The number of pyridine rings is 1. The number of benzene rings is 1. The van der Waals surface area contributed by atoms with Gasteiger partial charge < -0.3 is 14.4 Å². The molecule has 1 atom stereocenters. The zero-order valence-electron chi connectivity index (χ0n) is 17.6. The van der Waals surface area contributed by atoms with Crippen LogP contribution in [0.25, 0.3) is 6.08 Å². The molecule has 2 aliphatic rings. The number of morpholine rings is 1. The van der Waals surface area contributed by atoms with E-state index in [0.717, 1.165) is 58.8 Å². The second kappa shape index (κ2) is 10.5. The molecule has 7 heteroatoms. The van der Waals surface area contributed by atoms with Crippen LogP contribution in [0.3, 0.4) is 0 Å². The fraction of sp³-hybridized carbons (Fsp3) is 0.417. The molecule has 1 amide bonds. The molecule has 31 heavy (non-hydrogen) atoms. The number of aromatic nitrogens is 1. The standard InChI is InChI=1S/C24H28FN3O3/c25-22-15-19(5-7-23(22)31-21-4-1-9-26-16-21)6-8-24(29)28-10-2-3-20(18-28)17-27-11-13-30-14-12-27/h1,4-9,15-16,20H,2-3,10-14,17-18H2/b8-6+. The first-order valence-corrected chi connectivity index (χ1v) is 10.8. The SMILES string of the molecule is O=C(/C=C/c1ccc(Oc2cccnc2)c(F)c1)N1CCCC(CN2CCOCC2)C1. The van der Waals surface area contributed by atoms with Crippen LogP contribution in [0.5, 0.6) is 11.5 Å². The fourth-order valence-electron chi connectivity index (χ4n) is 4.07. The first-order valence-electron chi connectivity index (χ1n) is 10.8. The zero-order chi connectivity index (χ0) is 21.5. The number of rotatable bonds is 6. The average molecular weight is 426 g/mol. The number of hydrogen-bond acceptors (Lipinski definition) is 5. The van der Waals surface area contributed by atoms with E-state index in [9.17, 15) is 9.18 Å². The van der Waals surface area contributed by atoms with E-state index >= 15 is 0 Å². The Morgan fingerprint density at radius 3 is 2.90 bits per heavy atom. The summed E-state index contributed by atoms with van der Waals surface area (Å²) >= 11 is 0. The van der Waals surface area contributed by atoms with Crippen LogP contribution < -0.4 is 4.74 Å². The summed E-state index contributed by atoms with van der Waals surface area (Å²) in [4.78, 5) is 21.0. The van der Waals surface area contributed by atoms with Crippen molar-refractivity contribution < 1.29 is 18.7 Å². The Hall–Kier alpha value is -2.77. The number of halogens is 1. The molecule has 2 aliphatic heterocycles. The van der Waals surface area contributed by atoms with Gasteiger partial charge in [-0.25, -0.2) is 4.39 Å². The maximum atomic E-state index is 14.4. The van der Waals surface area contributed by atoms with Crippen LogP contribution in [-0.4, -0.2) is 66.6 Å². The number of ether oxygens (including phenoxy) is 2. The lowest BCUT2D eigenvalue weighted by Crippen LogP contribution is -2.45. The van der Waals surface area contributed by atoms with Gasteiger partial charge >= 0.3 is 0 Å². The summed E-state index contributed by atoms with van der Waals surface area (Å²) in [5.41, 5.74) is 0.617. The molecule has 1 unspecified atom stereocenters. The first-order chi connectivity index (χ1) is 15.2. The molecule has 0 aliphatic carbocycles. The molecule has 1 aromatic heterocycles. The summed E-state index contributed by atoms with van der Waals surface area (Å²) in [6, 6.07) is 8.10. The van der Waals surface area contributed by atoms with E-state index in [1.165, 1.54) is 18.3 Å². The molecule has 164 valence electrons. The highest BCUT2D eigenvalue weighted by Gasteiger charge is 2.24. The Bertz CT molecular complexity index is 900. The summed E-state index contributed by atoms with van der Waals surface area (Å²) in [7, 11) is 0. The molecule has 6 nitrogen and oxygen atoms in total. The number of carbonyl (C=O) groups is 1. The van der Waals surface area contributed by atoms with Gasteiger partial charge in [-0.05, 0) is 54.7 Å². The van der Waals surface area contributed by atoms with E-state index < -0.39 is 5.82 Å². The van der Waals surface area contributed by atoms with Crippen molar-refractivity contribution >= 4 is 12.0 Å². The fourth-order valence-corrected chi connectivity index (χ4v) is 4.07. The molecule has 1 aromatic carbocycles. The van der Waals surface area contributed by atoms with Crippen molar-refractivity contribution in [3.05, 3.63) is 60.2 Å². The van der Waals surface area contributed by atoms with Crippen LogP contribution in [0.2, 0.25) is 0 Å². The van der Waals surface area contributed by atoms with Gasteiger partial charge in [0.25, 0.3) is 0 Å². The van der Waals surface area contributed by atoms with E-state index in [2.05, 4.69) is 9.88 Å². The van der Waals surface area contributed by atoms with Crippen LogP contribution in [0.4, 0.5) is 4.39 Å². The smallest absolute Gasteiger partial charge is 0.246 e. The molecule has 2 fully saturated rings. The molecule has 0 saturated carbocycles. The molecule has 4 rings (SSSR count). The van der Waals surface area contributed by atoms with E-state index in [1.807, 2.05) is 4.90 Å². The molecule has 2 saturated heterocycles. The molecule has 0 radical (unpaired) electrons. The highest BCUT2D eigenvalue weighted by atomic mass is 19.1. The minimum Gasteiger partial charge on any atom is -0.453 e. The van der Waals surface area contributed by atoms with Crippen molar-refractivity contribution in [3.8, 4) is 11.5 Å². The van der Waals surface area contributed by atoms with Crippen molar-refractivity contribution in [2.24, 2.45) is 5.92 Å². The average Bonchev–Trinajstić information content (AvgIpc) is 2.81. The van der Waals surface area contributed by atoms with E-state index in [4.69, 9.17) is 9.47 Å². The number of carbonyl (C=O) groups excluding carboxylic acids is 1. The maximum absolute atomic E-state index is 14.4. The lowest BCUT2D eigenvalue weighted by Gasteiger charge is -2.36. The minimum absolute atomic E-state index is 0.0252. The Labute approximate surface area is 182 Å². The van der Waals surface area contributed by atoms with Crippen molar-refractivity contribution in [1.29, 1.82) is 0 Å². The lowest BCUT2D eigenvalue weighted by molar-refractivity contribution is -0.127. The van der Waals surface area contributed by atoms with Gasteiger partial charge in [-0.1, -0.05) is 6.07 Å². The van der Waals surface area contributed by atoms with Crippen molar-refractivity contribution in [3.63, 3.8) is 0 Å². The predicted octanol–water partition coefficient (Wildman–Crippen LogP) is 3.60. The summed E-state index contributed by atoms with van der Waals surface area (Å²) in [6.45, 7) is 6.08. The van der Waals surface area contributed by atoms with Gasteiger partial charge in [-0.3, -0.25) is 14.7 Å². The normalized spacial score (nSPS) is 20.2. The zero-order valence-corrected chi connectivity index (χ0v) is 17.6. The van der Waals surface area contributed by atoms with Crippen LogP contribution in [0, 0.1) is 11.7 Å². The molecule has 0 bridgehead atoms. The lowest BCUT2D eigenvalue weighted by atomic mass is 9.97. The van der Waals surface area contributed by atoms with Gasteiger partial charge in [0.2, 0.25) is 5.91 Å². The van der Waals surface area contributed by atoms with Gasteiger partial charge in [-0.2, -0.15) is 0 Å². The van der Waals surface area contributed by atoms with Crippen molar-refractivity contribution in [1.82, 2.24) is 14.8 Å². The van der Waals surface area contributed by atoms with Gasteiger partial charge in [0.1, 0.15) is 5.75 Å². The highest BCUT2D eigenvalue weighted by molar-refractivity contribution is 5.91. The van der Waals surface area contributed by atoms with Gasteiger partial charge in [0.15, 0.2) is 11.6 Å². The second-order valence-electron chi connectivity index (χ2n) is 8.02. The number of likely N-dealkylation sites (tertiary alicyclic amines) is 1. The van der Waals surface area contributed by atoms with Crippen LogP contribution >= 0.6 is 0 Å². The third-order valence-corrected chi connectivity index (χ3v) is 5.69. The monoisotopic (exact) mass is 425 g/mol. The number of hydrogen-bond donors (Lipinski definition) is 0. The molecular weight excluding hydrogens is 397 g/mol. The summed E-state index contributed by atoms with van der Waals surface area (Å²) in [5.74, 6) is 0.574. The van der Waals surface area contributed by atoms with Gasteiger partial charge in [0, 0.05) is 45.0 Å². The maximum Gasteiger partial charge on any atom is 0.246 e. The van der Waals surface area contributed by atoms with Crippen LogP contribution in [0.15, 0.2) is 48.8 Å². The third-order valence-electron chi connectivity index (χ3n) is 5.69. The summed E-state index contributed by atoms with van der Waals surface area (Å²) in [6.07, 6.45) is 8.51. The summed E-state index contributed by atoms with van der Waals surface area (Å²) in [5, 5.41) is 0. The summed E-state index contributed by atoms with van der Waals surface area (Å²) < 4.78 is 25.3. The number of piperidine rings is 1. The van der Waals surface area contributed by atoms with Crippen molar-refractivity contribution in [2.75, 3.05) is 45.9 Å². The largest absolute Gasteiger partial charge is 0.453 e. The van der Waals surface area contributed by atoms with Crippen LogP contribution in [0.1, 0.15) is 18.4 Å². The van der Waals surface area contributed by atoms with E-state index in [0.29, 0.717) is 17.2 Å². The Kier molecular flexibility index (Phi) is 7.27. The first kappa shape index (κ1) is 21.5. The minimum atomic E-state index is -0.484. The van der Waals surface area contributed by atoms with Crippen molar-refractivity contribution in [2.45, 2.75) is 12.8 Å². The topological polar surface area (TPSA) is 54.9 Å². The second-order valence-corrected chi connectivity index (χ2v) is 8.02. The van der Waals surface area contributed by atoms with Gasteiger partial charge in [0.05, 0.1) is 19.4 Å². The Morgan fingerprint density at radius 2 is 2.13 bits per heavy atom. The third kappa shape index (κ3) is 6.12. The molecule has 0 N–H and O–H groups in total. The number of amides is 1. The predicted molar refractivity (Wildman–Crippen MR) is 116 cm³/mol. The Morgan fingerprint density at radius 1 is 1.26 bits per heavy atom. The van der Waals surface area contributed by atoms with Gasteiger partial charge in [-0.15, -0.1) is 0 Å². The van der Waals surface area contributed by atoms with E-state index in [1.54, 1.807) is 36.5 Å². The molecule has 0 spiro atoms. The van der Waals surface area contributed by atoms with E-state index in [-0.39, 0.29) is 11.7 Å². The highest BCUT2D eigenvalue weighted by Crippen LogP contribution is 2.25. The molecule has 2 aromatic rings. The molecular formula is C24H28FN3O3. The van der Waals surface area contributed by atoms with Crippen LogP contribution in [-0.2, 0) is 9.53 Å². The quantitative estimate of drug-likeness (QED) is 0.662. The molecule has 3 heterocycles.